The third-order valence-corrected chi connectivity index (χ3v) is 2.52. The fourth-order valence-corrected chi connectivity index (χ4v) is 1.72. The highest BCUT2D eigenvalue weighted by molar-refractivity contribution is 5.34. The highest BCUT2D eigenvalue weighted by atomic mass is 16.5. The van der Waals surface area contributed by atoms with E-state index < -0.39 is 0 Å². The Morgan fingerprint density at radius 3 is 3.08 bits per heavy atom. The second-order valence-corrected chi connectivity index (χ2v) is 3.50. The number of hydrogen-bond donors (Lipinski definition) is 1. The van der Waals surface area contributed by atoms with Crippen LogP contribution < -0.4 is 4.74 Å². The van der Waals surface area contributed by atoms with E-state index in [1.807, 2.05) is 18.2 Å². The van der Waals surface area contributed by atoms with Gasteiger partial charge in [-0.2, -0.15) is 0 Å². The van der Waals surface area contributed by atoms with Gasteiger partial charge in [0.15, 0.2) is 0 Å². The Kier molecular flexibility index (Phi) is 2.50. The van der Waals surface area contributed by atoms with Crippen LogP contribution in [-0.2, 0) is 6.42 Å². The van der Waals surface area contributed by atoms with Crippen molar-refractivity contribution in [1.29, 1.82) is 0 Å². The number of aliphatic hydroxyl groups excluding tert-OH is 1. The molecule has 1 heterocycles. The van der Waals surface area contributed by atoms with Gasteiger partial charge < -0.3 is 9.84 Å². The third-order valence-electron chi connectivity index (χ3n) is 2.52. The predicted molar refractivity (Wildman–Crippen MR) is 50.8 cm³/mol. The molecule has 0 spiro atoms. The molecule has 1 aromatic rings. The van der Waals surface area contributed by atoms with Gasteiger partial charge in [-0.25, -0.2) is 0 Å². The van der Waals surface area contributed by atoms with E-state index in [4.69, 9.17) is 9.84 Å². The molecule has 1 aromatic carbocycles. The van der Waals surface area contributed by atoms with E-state index in [-0.39, 0.29) is 6.61 Å². The van der Waals surface area contributed by atoms with Gasteiger partial charge in [-0.15, -0.1) is 0 Å². The van der Waals surface area contributed by atoms with Gasteiger partial charge in [-0.05, 0) is 30.4 Å². The van der Waals surface area contributed by atoms with Gasteiger partial charge in [-0.3, -0.25) is 0 Å². The maximum atomic E-state index is 9.09. The summed E-state index contributed by atoms with van der Waals surface area (Å²) in [5.74, 6) is 1.35. The summed E-state index contributed by atoms with van der Waals surface area (Å²) in [7, 11) is 0. The average molecular weight is 178 g/mol. The quantitative estimate of drug-likeness (QED) is 0.708. The summed E-state index contributed by atoms with van der Waals surface area (Å²) >= 11 is 0. The Hall–Kier alpha value is -1.02. The first-order chi connectivity index (χ1) is 6.40. The van der Waals surface area contributed by atoms with Crippen LogP contribution >= 0.6 is 0 Å². The van der Waals surface area contributed by atoms with E-state index >= 15 is 0 Å². The van der Waals surface area contributed by atoms with Crippen LogP contribution in [0.15, 0.2) is 24.3 Å². The molecular weight excluding hydrogens is 164 g/mol. The Labute approximate surface area is 78.2 Å². The number of ether oxygens (including phenoxy) is 1. The minimum Gasteiger partial charge on any atom is -0.493 e. The van der Waals surface area contributed by atoms with E-state index in [1.54, 1.807) is 0 Å². The van der Waals surface area contributed by atoms with Crippen LogP contribution in [0.2, 0.25) is 0 Å². The Bertz CT molecular complexity index is 283. The molecule has 1 N–H and O–H groups in total. The zero-order chi connectivity index (χ0) is 9.10. The highest BCUT2D eigenvalue weighted by Crippen LogP contribution is 2.25. The second kappa shape index (κ2) is 3.79. The third kappa shape index (κ3) is 1.83. The molecular formula is C11H14O2. The molecule has 1 aliphatic rings. The van der Waals surface area contributed by atoms with Gasteiger partial charge in [0.05, 0.1) is 6.61 Å². The number of benzene rings is 1. The summed E-state index contributed by atoms with van der Waals surface area (Å²) in [4.78, 5) is 0. The number of fused-ring (bicyclic) bond motifs is 1. The van der Waals surface area contributed by atoms with Crippen LogP contribution in [0.1, 0.15) is 12.0 Å². The molecule has 1 atom stereocenters. The van der Waals surface area contributed by atoms with Crippen molar-refractivity contribution in [2.75, 3.05) is 13.2 Å². The molecule has 0 amide bonds. The normalized spacial score (nSPS) is 21.5. The van der Waals surface area contributed by atoms with E-state index in [9.17, 15) is 0 Å². The van der Waals surface area contributed by atoms with Crippen LogP contribution in [0.4, 0.5) is 0 Å². The molecule has 0 radical (unpaired) electrons. The largest absolute Gasteiger partial charge is 0.493 e. The molecule has 2 nitrogen and oxygen atoms in total. The maximum Gasteiger partial charge on any atom is 0.122 e. The van der Waals surface area contributed by atoms with Crippen LogP contribution in [-0.4, -0.2) is 18.3 Å². The molecule has 0 saturated carbocycles. The molecule has 2 rings (SSSR count). The van der Waals surface area contributed by atoms with Gasteiger partial charge >= 0.3 is 0 Å². The van der Waals surface area contributed by atoms with Crippen molar-refractivity contribution in [3.63, 3.8) is 0 Å². The van der Waals surface area contributed by atoms with Crippen molar-refractivity contribution in [3.05, 3.63) is 29.8 Å². The molecule has 1 unspecified atom stereocenters. The number of para-hydroxylation sites is 1. The number of aliphatic hydroxyl groups is 1. The molecule has 70 valence electrons. The molecule has 0 aliphatic carbocycles. The summed E-state index contributed by atoms with van der Waals surface area (Å²) in [6, 6.07) is 8.07. The van der Waals surface area contributed by atoms with Gasteiger partial charge in [-0.1, -0.05) is 18.2 Å². The van der Waals surface area contributed by atoms with Gasteiger partial charge in [0.25, 0.3) is 0 Å². The Morgan fingerprint density at radius 2 is 2.23 bits per heavy atom. The van der Waals surface area contributed by atoms with E-state index in [0.29, 0.717) is 5.92 Å². The molecule has 0 aromatic heterocycles. The van der Waals surface area contributed by atoms with Crippen molar-refractivity contribution in [2.24, 2.45) is 5.92 Å². The standard InChI is InChI=1S/C11H14O2/c12-8-9-5-6-13-11-4-2-1-3-10(11)7-9/h1-4,9,12H,5-8H2. The zero-order valence-corrected chi connectivity index (χ0v) is 7.57. The molecule has 2 heteroatoms. The second-order valence-electron chi connectivity index (χ2n) is 3.50. The molecule has 0 fully saturated rings. The summed E-state index contributed by atoms with van der Waals surface area (Å²) in [6.45, 7) is 0.986. The van der Waals surface area contributed by atoms with Gasteiger partial charge in [0.1, 0.15) is 5.75 Å². The Morgan fingerprint density at radius 1 is 1.38 bits per heavy atom. The van der Waals surface area contributed by atoms with Crippen molar-refractivity contribution in [2.45, 2.75) is 12.8 Å². The van der Waals surface area contributed by atoms with E-state index in [0.717, 1.165) is 25.2 Å². The maximum absolute atomic E-state index is 9.09. The smallest absolute Gasteiger partial charge is 0.122 e. The lowest BCUT2D eigenvalue weighted by Gasteiger charge is -2.08. The van der Waals surface area contributed by atoms with Crippen LogP contribution in [0.5, 0.6) is 5.75 Å². The zero-order valence-electron chi connectivity index (χ0n) is 7.57. The fourth-order valence-electron chi connectivity index (χ4n) is 1.72. The summed E-state index contributed by atoms with van der Waals surface area (Å²) in [5, 5.41) is 9.09. The predicted octanol–water partition coefficient (Wildman–Crippen LogP) is 1.62. The molecule has 1 aliphatic heterocycles. The number of hydrogen-bond acceptors (Lipinski definition) is 2. The van der Waals surface area contributed by atoms with Crippen LogP contribution in [0.25, 0.3) is 0 Å². The SMILES string of the molecule is OCC1CCOc2ccccc2C1. The molecule has 0 bridgehead atoms. The van der Waals surface area contributed by atoms with Gasteiger partial charge in [0, 0.05) is 6.61 Å². The number of rotatable bonds is 1. The average Bonchev–Trinajstić information content (AvgIpc) is 2.38. The summed E-state index contributed by atoms with van der Waals surface area (Å²) in [5.41, 5.74) is 1.22. The van der Waals surface area contributed by atoms with Crippen molar-refractivity contribution < 1.29 is 9.84 Å². The lowest BCUT2D eigenvalue weighted by molar-refractivity contribution is 0.202. The van der Waals surface area contributed by atoms with Crippen LogP contribution in [0.3, 0.4) is 0 Å². The van der Waals surface area contributed by atoms with Crippen molar-refractivity contribution in [1.82, 2.24) is 0 Å². The van der Waals surface area contributed by atoms with Crippen molar-refractivity contribution >= 4 is 0 Å². The topological polar surface area (TPSA) is 29.5 Å². The first-order valence-electron chi connectivity index (χ1n) is 4.71. The first kappa shape index (κ1) is 8.57. The highest BCUT2D eigenvalue weighted by Gasteiger charge is 2.15. The van der Waals surface area contributed by atoms with E-state index in [2.05, 4.69) is 6.07 Å². The van der Waals surface area contributed by atoms with Gasteiger partial charge in [0.2, 0.25) is 0 Å². The Balaban J connectivity index is 2.23. The summed E-state index contributed by atoms with van der Waals surface area (Å²) in [6.07, 6.45) is 1.89. The van der Waals surface area contributed by atoms with Crippen LogP contribution in [0, 0.1) is 5.92 Å². The molecule has 13 heavy (non-hydrogen) atoms. The van der Waals surface area contributed by atoms with E-state index in [1.165, 1.54) is 5.56 Å². The minimum absolute atomic E-state index is 0.262. The van der Waals surface area contributed by atoms with Crippen molar-refractivity contribution in [3.8, 4) is 5.75 Å². The first-order valence-corrected chi connectivity index (χ1v) is 4.71. The fraction of sp³-hybridized carbons (Fsp3) is 0.455. The monoisotopic (exact) mass is 178 g/mol. The lowest BCUT2D eigenvalue weighted by atomic mass is 9.98. The lowest BCUT2D eigenvalue weighted by Crippen LogP contribution is -2.09. The summed E-state index contributed by atoms with van der Waals surface area (Å²) < 4.78 is 5.57. The minimum atomic E-state index is 0.262. The molecule has 0 saturated heterocycles.